The Balaban J connectivity index is 5.81. The molecule has 0 heterocycles. The molecule has 0 bridgehead atoms. The summed E-state index contributed by atoms with van der Waals surface area (Å²) in [6, 6.07) is 0. The predicted octanol–water partition coefficient (Wildman–Crippen LogP) is 4.34. The van der Waals surface area contributed by atoms with E-state index in [1.165, 1.54) is 0 Å². The molecule has 0 fully saturated rings. The third-order valence-electron chi connectivity index (χ3n) is 4.61. The minimum atomic E-state index is -1.58. The van der Waals surface area contributed by atoms with Gasteiger partial charge in [0.25, 0.3) is 0 Å². The second-order valence-electron chi connectivity index (χ2n) is 9.01. The van der Waals surface area contributed by atoms with Gasteiger partial charge in [0.1, 0.15) is 0 Å². The zero-order valence-electron chi connectivity index (χ0n) is 15.2. The van der Waals surface area contributed by atoms with Crippen molar-refractivity contribution in [2.24, 2.45) is 0 Å². The van der Waals surface area contributed by atoms with Gasteiger partial charge in [0, 0.05) is 28.3 Å². The number of carbonyl (C=O) groups is 1. The Labute approximate surface area is 129 Å². The van der Waals surface area contributed by atoms with Gasteiger partial charge in [-0.15, -0.1) is 0 Å². The molecule has 6 heteroatoms. The molecule has 0 N–H and O–H groups in total. The van der Waals surface area contributed by atoms with Gasteiger partial charge in [0.05, 0.1) is 12.9 Å². The first-order valence-electron chi connectivity index (χ1n) is 7.40. The van der Waals surface area contributed by atoms with Crippen LogP contribution in [0, 0.1) is 0 Å². The Morgan fingerprint density at radius 1 is 0.850 bits per heavy atom. The Bertz CT molecular complexity index is 347. The SMILES string of the molecule is C=C(C)C(=O)OC[Si]([Si](C)(C)C)([Si](C)(C)C)[Si](C)(C)C. The van der Waals surface area contributed by atoms with Crippen LogP contribution in [0.3, 0.4) is 0 Å². The molecule has 0 aromatic rings. The largest absolute Gasteiger partial charge is 0.467 e. The quantitative estimate of drug-likeness (QED) is 0.406. The highest BCUT2D eigenvalue weighted by molar-refractivity contribution is 7.89. The predicted molar refractivity (Wildman–Crippen MR) is 102 cm³/mol. The highest BCUT2D eigenvalue weighted by Crippen LogP contribution is 2.37. The summed E-state index contributed by atoms with van der Waals surface area (Å²) in [7, 11) is -4.06. The number of hydrogen-bond donors (Lipinski definition) is 0. The number of ether oxygens (including phenoxy) is 1. The van der Waals surface area contributed by atoms with Gasteiger partial charge in [0.15, 0.2) is 0 Å². The Morgan fingerprint density at radius 2 is 1.15 bits per heavy atom. The molecule has 0 aliphatic carbocycles. The third-order valence-corrected chi connectivity index (χ3v) is 77.7. The number of esters is 1. The number of hydrogen-bond acceptors (Lipinski definition) is 2. The first kappa shape index (κ1) is 20.1. The van der Waals surface area contributed by atoms with E-state index in [1.807, 2.05) is 0 Å². The van der Waals surface area contributed by atoms with Gasteiger partial charge in [-0.2, -0.15) is 0 Å². The van der Waals surface area contributed by atoms with Gasteiger partial charge in [0.2, 0.25) is 0 Å². The van der Waals surface area contributed by atoms with Crippen LogP contribution in [0.2, 0.25) is 58.9 Å². The second kappa shape index (κ2) is 6.06. The summed E-state index contributed by atoms with van der Waals surface area (Å²) in [4.78, 5) is 11.9. The minimum Gasteiger partial charge on any atom is -0.467 e. The van der Waals surface area contributed by atoms with E-state index < -0.39 is 29.4 Å². The molecule has 118 valence electrons. The number of carbonyl (C=O) groups excluding carboxylic acids is 1. The Hall–Kier alpha value is 0.0775. The first-order valence-corrected chi connectivity index (χ1v) is 23.1. The fourth-order valence-electron chi connectivity index (χ4n) is 4.32. The maximum Gasteiger partial charge on any atom is 0.332 e. The van der Waals surface area contributed by atoms with E-state index in [4.69, 9.17) is 4.74 Å². The van der Waals surface area contributed by atoms with Crippen LogP contribution in [-0.2, 0) is 9.53 Å². The summed E-state index contributed by atoms with van der Waals surface area (Å²) in [5.41, 5.74) is 0.523. The summed E-state index contributed by atoms with van der Waals surface area (Å²) in [5, 5.41) is 0. The van der Waals surface area contributed by atoms with Crippen LogP contribution in [0.25, 0.3) is 0 Å². The van der Waals surface area contributed by atoms with Crippen molar-refractivity contribution in [3.8, 4) is 0 Å². The molecule has 0 unspecified atom stereocenters. The van der Waals surface area contributed by atoms with Crippen molar-refractivity contribution in [1.82, 2.24) is 0 Å². The fourth-order valence-corrected chi connectivity index (χ4v) is 98.3. The molecule has 0 spiro atoms. The average Bonchev–Trinajstić information content (AvgIpc) is 2.10. The molecular weight excluding hydrogens is 312 g/mol. The zero-order valence-corrected chi connectivity index (χ0v) is 19.2. The molecule has 0 aromatic carbocycles. The summed E-state index contributed by atoms with van der Waals surface area (Å²) < 4.78 is 5.78. The van der Waals surface area contributed by atoms with Crippen molar-refractivity contribution in [3.05, 3.63) is 12.2 Å². The number of rotatable bonds is 6. The van der Waals surface area contributed by atoms with Crippen molar-refractivity contribution in [3.63, 3.8) is 0 Å². The monoisotopic (exact) mass is 346 g/mol. The van der Waals surface area contributed by atoms with E-state index in [0.29, 0.717) is 5.57 Å². The summed E-state index contributed by atoms with van der Waals surface area (Å²) in [6.07, 6.45) is 0.736. The molecule has 0 saturated heterocycles. The second-order valence-corrected chi connectivity index (χ2v) is 50.3. The van der Waals surface area contributed by atoms with Gasteiger partial charge in [-0.1, -0.05) is 65.5 Å². The van der Waals surface area contributed by atoms with Crippen LogP contribution < -0.4 is 0 Å². The lowest BCUT2D eigenvalue weighted by molar-refractivity contribution is -0.137. The van der Waals surface area contributed by atoms with Crippen LogP contribution in [0.5, 0.6) is 0 Å². The van der Waals surface area contributed by atoms with E-state index in [9.17, 15) is 4.79 Å². The van der Waals surface area contributed by atoms with Gasteiger partial charge in [-0.25, -0.2) is 4.79 Å². The van der Waals surface area contributed by atoms with Crippen molar-refractivity contribution < 1.29 is 9.53 Å². The lowest BCUT2D eigenvalue weighted by Crippen LogP contribution is -2.85. The smallest absolute Gasteiger partial charge is 0.332 e. The molecule has 0 saturated carbocycles. The van der Waals surface area contributed by atoms with Crippen LogP contribution in [-0.4, -0.2) is 41.6 Å². The van der Waals surface area contributed by atoms with Crippen LogP contribution >= 0.6 is 0 Å². The zero-order chi connectivity index (χ0) is 16.6. The topological polar surface area (TPSA) is 26.3 Å². The molecule has 2 nitrogen and oxygen atoms in total. The van der Waals surface area contributed by atoms with E-state index in [-0.39, 0.29) is 5.97 Å². The molecule has 0 aliphatic rings. The highest BCUT2D eigenvalue weighted by Gasteiger charge is 2.62. The van der Waals surface area contributed by atoms with Crippen LogP contribution in [0.15, 0.2) is 12.2 Å². The van der Waals surface area contributed by atoms with Crippen LogP contribution in [0.4, 0.5) is 0 Å². The Morgan fingerprint density at radius 3 is 1.35 bits per heavy atom. The van der Waals surface area contributed by atoms with Crippen molar-refractivity contribution in [2.45, 2.75) is 65.8 Å². The molecule has 0 radical (unpaired) electrons. The molecular formula is C14H34O2Si4. The molecule has 0 amide bonds. The van der Waals surface area contributed by atoms with E-state index >= 15 is 0 Å². The highest BCUT2D eigenvalue weighted by atomic mass is 29.9. The van der Waals surface area contributed by atoms with E-state index in [1.54, 1.807) is 6.92 Å². The molecule has 0 aromatic heterocycles. The molecule has 0 rings (SSSR count). The van der Waals surface area contributed by atoms with Crippen molar-refractivity contribution in [1.29, 1.82) is 0 Å². The van der Waals surface area contributed by atoms with Gasteiger partial charge >= 0.3 is 5.97 Å². The van der Waals surface area contributed by atoms with E-state index in [0.717, 1.165) is 6.23 Å². The van der Waals surface area contributed by atoms with Gasteiger partial charge in [-0.05, 0) is 6.92 Å². The molecule has 20 heavy (non-hydrogen) atoms. The maximum atomic E-state index is 11.9. The lowest BCUT2D eigenvalue weighted by atomic mass is 10.4. The standard InChI is InChI=1S/C14H34O2Si4/c1-13(2)14(15)16-12-20(17(3,4)5,18(6,7)8)19(9,10)11/h1,12H2,2-11H3. The summed E-state index contributed by atoms with van der Waals surface area (Å²) in [5.74, 6) is -0.198. The van der Waals surface area contributed by atoms with E-state index in [2.05, 4.69) is 65.5 Å². The van der Waals surface area contributed by atoms with Crippen molar-refractivity contribution >= 4 is 35.4 Å². The lowest BCUT2D eigenvalue weighted by Gasteiger charge is -2.56. The maximum absolute atomic E-state index is 11.9. The third kappa shape index (κ3) is 3.84. The molecule has 0 atom stereocenters. The minimum absolute atomic E-state index is 0.198. The van der Waals surface area contributed by atoms with Crippen molar-refractivity contribution in [2.75, 3.05) is 6.23 Å². The fraction of sp³-hybridized carbons (Fsp3) is 0.786. The normalized spacial score (nSPS) is 14.1. The van der Waals surface area contributed by atoms with Gasteiger partial charge in [-0.3, -0.25) is 0 Å². The first-order chi connectivity index (χ1) is 8.58. The average molecular weight is 347 g/mol. The van der Waals surface area contributed by atoms with Crippen LogP contribution in [0.1, 0.15) is 6.92 Å². The van der Waals surface area contributed by atoms with Gasteiger partial charge < -0.3 is 4.74 Å². The molecule has 0 aliphatic heterocycles. The summed E-state index contributed by atoms with van der Waals surface area (Å²) in [6.45, 7) is 26.4. The Kier molecular flexibility index (Phi) is 6.08. The summed E-state index contributed by atoms with van der Waals surface area (Å²) >= 11 is 0.